The van der Waals surface area contributed by atoms with Gasteiger partial charge in [0.1, 0.15) is 10.8 Å². The fourth-order valence-electron chi connectivity index (χ4n) is 2.97. The van der Waals surface area contributed by atoms with Crippen LogP contribution in [0.25, 0.3) is 11.4 Å². The smallest absolute Gasteiger partial charge is 0.282 e. The highest BCUT2D eigenvalue weighted by molar-refractivity contribution is 7.98. The van der Waals surface area contributed by atoms with E-state index in [1.165, 1.54) is 35.2 Å². The largest absolute Gasteiger partial charge is 0.383 e. The number of carbonyl (C=O) groups excluding carboxylic acids is 1. The van der Waals surface area contributed by atoms with Crippen molar-refractivity contribution >= 4 is 29.0 Å². The molecule has 0 spiro atoms. The average molecular weight is 485 g/mol. The van der Waals surface area contributed by atoms with E-state index in [1.54, 1.807) is 19.2 Å². The number of halogens is 1. The topological polar surface area (TPSA) is 94.8 Å². The molecule has 0 aliphatic carbocycles. The molecule has 0 fully saturated rings. The van der Waals surface area contributed by atoms with Gasteiger partial charge in [0.15, 0.2) is 11.0 Å². The number of carbonyl (C=O) groups is 1. The van der Waals surface area contributed by atoms with E-state index >= 15 is 0 Å². The second kappa shape index (κ2) is 11.1. The van der Waals surface area contributed by atoms with Crippen molar-refractivity contribution in [3.05, 3.63) is 76.0 Å². The van der Waals surface area contributed by atoms with Gasteiger partial charge in [0, 0.05) is 19.2 Å². The van der Waals surface area contributed by atoms with E-state index in [0.717, 1.165) is 22.1 Å². The summed E-state index contributed by atoms with van der Waals surface area (Å²) in [4.78, 5) is 12.4. The fourth-order valence-corrected chi connectivity index (χ4v) is 4.68. The molecule has 8 nitrogen and oxygen atoms in total. The van der Waals surface area contributed by atoms with Gasteiger partial charge in [0.25, 0.3) is 5.91 Å². The number of benzene rings is 2. The van der Waals surface area contributed by atoms with Gasteiger partial charge in [0.05, 0.1) is 18.9 Å². The summed E-state index contributed by atoms with van der Waals surface area (Å²) in [7, 11) is 1.66. The third kappa shape index (κ3) is 6.01. The zero-order valence-electron chi connectivity index (χ0n) is 17.8. The number of ether oxygens (including phenoxy) is 1. The van der Waals surface area contributed by atoms with Gasteiger partial charge < -0.3 is 10.1 Å². The van der Waals surface area contributed by atoms with Crippen LogP contribution in [0.5, 0.6) is 0 Å². The van der Waals surface area contributed by atoms with E-state index in [4.69, 9.17) is 4.74 Å². The lowest BCUT2D eigenvalue weighted by Gasteiger charge is -2.09. The van der Waals surface area contributed by atoms with Crippen LogP contribution in [0.15, 0.2) is 59.8 Å². The SMILES string of the molecule is COCCn1c(SCc2nnc(C(=O)NCc3ccc(F)cc3)s2)nnc1-c1ccccc1. The van der Waals surface area contributed by atoms with E-state index < -0.39 is 0 Å². The van der Waals surface area contributed by atoms with Crippen molar-refractivity contribution in [3.8, 4) is 11.4 Å². The van der Waals surface area contributed by atoms with Gasteiger partial charge in [-0.05, 0) is 17.7 Å². The molecule has 0 aliphatic rings. The van der Waals surface area contributed by atoms with E-state index in [9.17, 15) is 9.18 Å². The standard InChI is InChI=1S/C22H21FN6O2S2/c1-31-12-11-29-19(16-5-3-2-4-6-16)26-28-22(29)32-14-18-25-27-21(33-18)20(30)24-13-15-7-9-17(23)10-8-15/h2-10H,11-14H2,1H3,(H,24,30). The number of nitrogens with zero attached hydrogens (tertiary/aromatic N) is 5. The molecule has 0 aliphatic heterocycles. The first-order valence-corrected chi connectivity index (χ1v) is 11.9. The molecular weight excluding hydrogens is 463 g/mol. The zero-order chi connectivity index (χ0) is 23.0. The molecule has 2 heterocycles. The quantitative estimate of drug-likeness (QED) is 0.342. The molecule has 1 amide bonds. The van der Waals surface area contributed by atoms with Crippen molar-refractivity contribution in [3.63, 3.8) is 0 Å². The second-order valence-electron chi connectivity index (χ2n) is 6.92. The molecule has 0 bridgehead atoms. The minimum atomic E-state index is -0.317. The monoisotopic (exact) mass is 484 g/mol. The predicted octanol–water partition coefficient (Wildman–Crippen LogP) is 3.80. The Hall–Kier alpha value is -3.15. The highest BCUT2D eigenvalue weighted by Crippen LogP contribution is 2.27. The van der Waals surface area contributed by atoms with Crippen molar-refractivity contribution in [1.82, 2.24) is 30.3 Å². The maximum atomic E-state index is 13.0. The molecule has 11 heteroatoms. The molecule has 4 rings (SSSR count). The van der Waals surface area contributed by atoms with Crippen molar-refractivity contribution in [2.75, 3.05) is 13.7 Å². The maximum Gasteiger partial charge on any atom is 0.282 e. The summed E-state index contributed by atoms with van der Waals surface area (Å²) in [6.07, 6.45) is 0. The van der Waals surface area contributed by atoms with Crippen LogP contribution in [0.1, 0.15) is 20.4 Å². The van der Waals surface area contributed by atoms with Gasteiger partial charge in [0.2, 0.25) is 5.01 Å². The molecule has 0 atom stereocenters. The summed E-state index contributed by atoms with van der Waals surface area (Å²) in [5.41, 5.74) is 1.78. The van der Waals surface area contributed by atoms with Crippen molar-refractivity contribution in [1.29, 1.82) is 0 Å². The van der Waals surface area contributed by atoms with Crippen LogP contribution < -0.4 is 5.32 Å². The Morgan fingerprint density at radius 3 is 2.64 bits per heavy atom. The predicted molar refractivity (Wildman–Crippen MR) is 124 cm³/mol. The van der Waals surface area contributed by atoms with Crippen LogP contribution in [-0.4, -0.2) is 44.6 Å². The van der Waals surface area contributed by atoms with Gasteiger partial charge >= 0.3 is 0 Å². The minimum absolute atomic E-state index is 0.276. The second-order valence-corrected chi connectivity index (χ2v) is 8.92. The third-order valence-corrected chi connectivity index (χ3v) is 6.70. The summed E-state index contributed by atoms with van der Waals surface area (Å²) in [6, 6.07) is 15.8. The van der Waals surface area contributed by atoms with Gasteiger partial charge in [-0.2, -0.15) is 0 Å². The van der Waals surface area contributed by atoms with Crippen LogP contribution in [0, 0.1) is 5.82 Å². The normalized spacial score (nSPS) is 11.0. The van der Waals surface area contributed by atoms with E-state index in [2.05, 4.69) is 25.7 Å². The van der Waals surface area contributed by atoms with E-state index in [-0.39, 0.29) is 23.3 Å². The number of methoxy groups -OCH3 is 1. The maximum absolute atomic E-state index is 13.0. The summed E-state index contributed by atoms with van der Waals surface area (Å²) < 4.78 is 20.3. The Morgan fingerprint density at radius 1 is 1.09 bits per heavy atom. The van der Waals surface area contributed by atoms with E-state index in [0.29, 0.717) is 23.9 Å². The first kappa shape index (κ1) is 23.0. The Kier molecular flexibility index (Phi) is 7.76. The molecule has 0 radical (unpaired) electrons. The first-order valence-electron chi connectivity index (χ1n) is 10.1. The number of hydrogen-bond acceptors (Lipinski definition) is 8. The molecule has 1 N–H and O–H groups in total. The summed E-state index contributed by atoms with van der Waals surface area (Å²) >= 11 is 2.70. The zero-order valence-corrected chi connectivity index (χ0v) is 19.4. The van der Waals surface area contributed by atoms with Gasteiger partial charge in [-0.1, -0.05) is 65.6 Å². The number of amides is 1. The number of hydrogen-bond donors (Lipinski definition) is 1. The number of aromatic nitrogens is 5. The summed E-state index contributed by atoms with van der Waals surface area (Å²) in [5.74, 6) is 0.643. The Balaban J connectivity index is 1.39. The van der Waals surface area contributed by atoms with Crippen molar-refractivity contribution in [2.24, 2.45) is 0 Å². The third-order valence-electron chi connectivity index (χ3n) is 4.62. The minimum Gasteiger partial charge on any atom is -0.383 e. The number of thioether (sulfide) groups is 1. The van der Waals surface area contributed by atoms with Crippen molar-refractivity contribution < 1.29 is 13.9 Å². The van der Waals surface area contributed by atoms with E-state index in [1.807, 2.05) is 34.9 Å². The molecular formula is C22H21FN6O2S2. The van der Waals surface area contributed by atoms with Crippen LogP contribution in [0.4, 0.5) is 4.39 Å². The average Bonchev–Trinajstić information content (AvgIpc) is 3.48. The van der Waals surface area contributed by atoms with Gasteiger partial charge in [-0.3, -0.25) is 9.36 Å². The number of nitrogens with one attached hydrogen (secondary N) is 1. The molecule has 170 valence electrons. The van der Waals surface area contributed by atoms with Crippen LogP contribution in [-0.2, 0) is 23.6 Å². The molecule has 2 aromatic heterocycles. The lowest BCUT2D eigenvalue weighted by atomic mass is 10.2. The first-order chi connectivity index (χ1) is 16.1. The van der Waals surface area contributed by atoms with Gasteiger partial charge in [-0.25, -0.2) is 4.39 Å². The van der Waals surface area contributed by atoms with Crippen LogP contribution >= 0.6 is 23.1 Å². The number of rotatable bonds is 10. The molecule has 0 saturated heterocycles. The molecule has 4 aromatic rings. The highest BCUT2D eigenvalue weighted by atomic mass is 32.2. The van der Waals surface area contributed by atoms with Crippen LogP contribution in [0.2, 0.25) is 0 Å². The Bertz CT molecular complexity index is 1200. The van der Waals surface area contributed by atoms with Crippen molar-refractivity contribution in [2.45, 2.75) is 24.0 Å². The molecule has 2 aromatic carbocycles. The lowest BCUT2D eigenvalue weighted by molar-refractivity contribution is 0.0950. The van der Waals surface area contributed by atoms with Gasteiger partial charge in [-0.15, -0.1) is 20.4 Å². The molecule has 0 saturated carbocycles. The Morgan fingerprint density at radius 2 is 1.88 bits per heavy atom. The molecule has 0 unspecified atom stereocenters. The Labute approximate surface area is 198 Å². The summed E-state index contributed by atoms with van der Waals surface area (Å²) in [5, 5.41) is 21.3. The highest BCUT2D eigenvalue weighted by Gasteiger charge is 2.17. The lowest BCUT2D eigenvalue weighted by Crippen LogP contribution is -2.22. The summed E-state index contributed by atoms with van der Waals surface area (Å²) in [6.45, 7) is 1.43. The molecule has 33 heavy (non-hydrogen) atoms. The van der Waals surface area contributed by atoms with Crippen LogP contribution in [0.3, 0.4) is 0 Å². The fraction of sp³-hybridized carbons (Fsp3) is 0.227.